The smallest absolute Gasteiger partial charge is 0.267 e. The van der Waals surface area contributed by atoms with Gasteiger partial charge in [-0.2, -0.15) is 5.10 Å². The minimum atomic E-state index is -0.370. The molecule has 2 rings (SSSR count). The van der Waals surface area contributed by atoms with Crippen LogP contribution in [0.25, 0.3) is 0 Å². The van der Waals surface area contributed by atoms with E-state index in [1.807, 2.05) is 6.07 Å². The average molecular weight is 294 g/mol. The van der Waals surface area contributed by atoms with E-state index in [0.29, 0.717) is 21.3 Å². The van der Waals surface area contributed by atoms with Crippen LogP contribution in [0.15, 0.2) is 47.7 Å². The van der Waals surface area contributed by atoms with Crippen molar-refractivity contribution in [2.24, 2.45) is 5.10 Å². The van der Waals surface area contributed by atoms with Crippen molar-refractivity contribution in [1.82, 2.24) is 10.4 Å². The molecular formula is C13H9Cl2N3O. The van der Waals surface area contributed by atoms with Crippen LogP contribution >= 0.6 is 23.2 Å². The third-order valence-electron chi connectivity index (χ3n) is 2.23. The second kappa shape index (κ2) is 6.31. The molecule has 4 nitrogen and oxygen atoms in total. The fraction of sp³-hybridized carbons (Fsp3) is 0. The number of halogens is 2. The molecule has 0 aliphatic rings. The molecule has 6 heteroatoms. The molecule has 0 aliphatic carbocycles. The van der Waals surface area contributed by atoms with Crippen LogP contribution in [0, 0.1) is 0 Å². The number of rotatable bonds is 3. The molecule has 1 aromatic carbocycles. The molecule has 1 aromatic heterocycles. The van der Waals surface area contributed by atoms with Crippen LogP contribution in [-0.2, 0) is 0 Å². The molecule has 0 fully saturated rings. The number of nitrogens with one attached hydrogen (secondary N) is 1. The quantitative estimate of drug-likeness (QED) is 0.698. The van der Waals surface area contributed by atoms with Gasteiger partial charge in [-0.05, 0) is 30.3 Å². The molecule has 0 saturated carbocycles. The summed E-state index contributed by atoms with van der Waals surface area (Å²) in [6, 6.07) is 10.0. The minimum absolute atomic E-state index is 0.322. The van der Waals surface area contributed by atoms with E-state index in [0.717, 1.165) is 0 Å². The first kappa shape index (κ1) is 13.5. The molecule has 0 bridgehead atoms. The highest BCUT2D eigenvalue weighted by Crippen LogP contribution is 2.22. The molecule has 0 aliphatic heterocycles. The summed E-state index contributed by atoms with van der Waals surface area (Å²) in [6.07, 6.45) is 3.09. The van der Waals surface area contributed by atoms with Crippen LogP contribution in [0.1, 0.15) is 16.1 Å². The van der Waals surface area contributed by atoms with E-state index in [2.05, 4.69) is 15.5 Å². The summed E-state index contributed by atoms with van der Waals surface area (Å²) in [4.78, 5) is 15.8. The Kier molecular flexibility index (Phi) is 4.49. The first-order chi connectivity index (χ1) is 9.16. The van der Waals surface area contributed by atoms with E-state index in [-0.39, 0.29) is 5.91 Å². The summed E-state index contributed by atoms with van der Waals surface area (Å²) in [6.45, 7) is 0. The lowest BCUT2D eigenvalue weighted by atomic mass is 10.2. The molecule has 0 spiro atoms. The highest BCUT2D eigenvalue weighted by Gasteiger charge is 2.06. The predicted octanol–water partition coefficient (Wildman–Crippen LogP) is 3.15. The third kappa shape index (κ3) is 3.77. The van der Waals surface area contributed by atoms with Crippen LogP contribution in [0.4, 0.5) is 0 Å². The Morgan fingerprint density at radius 3 is 2.74 bits per heavy atom. The average Bonchev–Trinajstić information content (AvgIpc) is 2.43. The van der Waals surface area contributed by atoms with Gasteiger partial charge in [0.15, 0.2) is 0 Å². The summed E-state index contributed by atoms with van der Waals surface area (Å²) in [5.74, 6) is -0.370. The lowest BCUT2D eigenvalue weighted by Gasteiger charge is -2.01. The van der Waals surface area contributed by atoms with E-state index in [1.165, 1.54) is 12.3 Å². The van der Waals surface area contributed by atoms with Gasteiger partial charge in [0.05, 0.1) is 22.0 Å². The number of benzene rings is 1. The second-order valence-electron chi connectivity index (χ2n) is 3.58. The second-order valence-corrected chi connectivity index (χ2v) is 4.40. The van der Waals surface area contributed by atoms with Crippen LogP contribution in [0.2, 0.25) is 10.0 Å². The molecule has 0 atom stereocenters. The highest BCUT2D eigenvalue weighted by molar-refractivity contribution is 6.42. The van der Waals surface area contributed by atoms with Gasteiger partial charge in [0.2, 0.25) is 0 Å². The Morgan fingerprint density at radius 2 is 2.05 bits per heavy atom. The van der Waals surface area contributed by atoms with Crippen molar-refractivity contribution in [2.75, 3.05) is 0 Å². The van der Waals surface area contributed by atoms with Crippen LogP contribution in [-0.4, -0.2) is 17.1 Å². The molecule has 19 heavy (non-hydrogen) atoms. The van der Waals surface area contributed by atoms with Crippen molar-refractivity contribution in [3.05, 3.63) is 63.9 Å². The summed E-state index contributed by atoms with van der Waals surface area (Å²) >= 11 is 11.6. The van der Waals surface area contributed by atoms with Gasteiger partial charge in [0.1, 0.15) is 0 Å². The van der Waals surface area contributed by atoms with E-state index in [4.69, 9.17) is 23.2 Å². The van der Waals surface area contributed by atoms with Crippen LogP contribution < -0.4 is 5.43 Å². The number of amides is 1. The van der Waals surface area contributed by atoms with Gasteiger partial charge < -0.3 is 0 Å². The summed E-state index contributed by atoms with van der Waals surface area (Å²) < 4.78 is 0. The van der Waals surface area contributed by atoms with Crippen molar-refractivity contribution in [1.29, 1.82) is 0 Å². The van der Waals surface area contributed by atoms with Crippen LogP contribution in [0.3, 0.4) is 0 Å². The predicted molar refractivity (Wildman–Crippen MR) is 75.8 cm³/mol. The van der Waals surface area contributed by atoms with Gasteiger partial charge in [-0.1, -0.05) is 29.3 Å². The van der Waals surface area contributed by atoms with Gasteiger partial charge in [-0.3, -0.25) is 9.78 Å². The molecule has 2 aromatic rings. The van der Waals surface area contributed by atoms with E-state index < -0.39 is 0 Å². The SMILES string of the molecule is O=C(N/N=C\c1ccccn1)c1ccc(Cl)c(Cl)c1. The Morgan fingerprint density at radius 1 is 1.21 bits per heavy atom. The van der Waals surface area contributed by atoms with Crippen molar-refractivity contribution >= 4 is 35.3 Å². The summed E-state index contributed by atoms with van der Waals surface area (Å²) in [7, 11) is 0. The molecule has 0 radical (unpaired) electrons. The minimum Gasteiger partial charge on any atom is -0.267 e. The Hall–Kier alpha value is -1.91. The standard InChI is InChI=1S/C13H9Cl2N3O/c14-11-5-4-9(7-12(11)15)13(19)18-17-8-10-3-1-2-6-16-10/h1-8H,(H,18,19)/b17-8-. The lowest BCUT2D eigenvalue weighted by molar-refractivity contribution is 0.0955. The Balaban J connectivity index is 2.01. The number of aromatic nitrogens is 1. The van der Waals surface area contributed by atoms with Crippen molar-refractivity contribution in [3.63, 3.8) is 0 Å². The van der Waals surface area contributed by atoms with Gasteiger partial charge in [-0.15, -0.1) is 0 Å². The van der Waals surface area contributed by atoms with E-state index in [9.17, 15) is 4.79 Å². The normalized spacial score (nSPS) is 10.6. The van der Waals surface area contributed by atoms with Gasteiger partial charge >= 0.3 is 0 Å². The zero-order chi connectivity index (χ0) is 13.7. The number of hydrogen-bond acceptors (Lipinski definition) is 3. The van der Waals surface area contributed by atoms with Gasteiger partial charge in [0.25, 0.3) is 5.91 Å². The van der Waals surface area contributed by atoms with Gasteiger partial charge in [-0.25, -0.2) is 5.43 Å². The Labute approximate surface area is 120 Å². The fourth-order valence-corrected chi connectivity index (χ4v) is 1.61. The topological polar surface area (TPSA) is 54.4 Å². The maximum absolute atomic E-state index is 11.8. The third-order valence-corrected chi connectivity index (χ3v) is 2.97. The zero-order valence-corrected chi connectivity index (χ0v) is 11.2. The van der Waals surface area contributed by atoms with Crippen LogP contribution in [0.5, 0.6) is 0 Å². The van der Waals surface area contributed by atoms with Gasteiger partial charge in [0, 0.05) is 11.8 Å². The van der Waals surface area contributed by atoms with Crippen molar-refractivity contribution < 1.29 is 4.79 Å². The van der Waals surface area contributed by atoms with E-state index >= 15 is 0 Å². The maximum atomic E-state index is 11.8. The molecular weight excluding hydrogens is 285 g/mol. The highest BCUT2D eigenvalue weighted by atomic mass is 35.5. The van der Waals surface area contributed by atoms with E-state index in [1.54, 1.807) is 30.5 Å². The number of hydrazone groups is 1. The maximum Gasteiger partial charge on any atom is 0.271 e. The largest absolute Gasteiger partial charge is 0.271 e. The Bertz CT molecular complexity index is 615. The molecule has 1 amide bonds. The summed E-state index contributed by atoms with van der Waals surface area (Å²) in [5.41, 5.74) is 3.41. The van der Waals surface area contributed by atoms with Crippen molar-refractivity contribution in [3.8, 4) is 0 Å². The molecule has 1 N–H and O–H groups in total. The molecule has 0 unspecified atom stereocenters. The monoisotopic (exact) mass is 293 g/mol. The first-order valence-electron chi connectivity index (χ1n) is 5.36. The molecule has 1 heterocycles. The number of carbonyl (C=O) groups is 1. The number of carbonyl (C=O) groups excluding carboxylic acids is 1. The zero-order valence-electron chi connectivity index (χ0n) is 9.68. The first-order valence-corrected chi connectivity index (χ1v) is 6.12. The number of pyridine rings is 1. The van der Waals surface area contributed by atoms with Crippen molar-refractivity contribution in [2.45, 2.75) is 0 Å². The number of nitrogens with zero attached hydrogens (tertiary/aromatic N) is 2. The number of hydrogen-bond donors (Lipinski definition) is 1. The molecule has 0 saturated heterocycles. The fourth-order valence-electron chi connectivity index (χ4n) is 1.31. The molecule has 96 valence electrons. The lowest BCUT2D eigenvalue weighted by Crippen LogP contribution is -2.17. The summed E-state index contributed by atoms with van der Waals surface area (Å²) in [5, 5.41) is 4.53.